The number of aryl methyl sites for hydroxylation is 3. The predicted octanol–water partition coefficient (Wildman–Crippen LogP) is 5.08. The SMILES string of the molecule is COc1cc(Cl)c(C)cc1NC=CC(=O)c1ccc(C)c(C)c1. The van der Waals surface area contributed by atoms with E-state index < -0.39 is 0 Å². The van der Waals surface area contributed by atoms with Crippen LogP contribution in [0.2, 0.25) is 5.02 Å². The van der Waals surface area contributed by atoms with E-state index in [0.29, 0.717) is 16.3 Å². The van der Waals surface area contributed by atoms with Crippen LogP contribution in [0.25, 0.3) is 0 Å². The van der Waals surface area contributed by atoms with E-state index >= 15 is 0 Å². The van der Waals surface area contributed by atoms with Crippen molar-refractivity contribution < 1.29 is 9.53 Å². The lowest BCUT2D eigenvalue weighted by Gasteiger charge is -2.10. The molecule has 0 aromatic heterocycles. The summed E-state index contributed by atoms with van der Waals surface area (Å²) in [6.07, 6.45) is 3.12. The number of nitrogens with one attached hydrogen (secondary N) is 1. The summed E-state index contributed by atoms with van der Waals surface area (Å²) >= 11 is 6.08. The van der Waals surface area contributed by atoms with Gasteiger partial charge in [0.2, 0.25) is 0 Å². The van der Waals surface area contributed by atoms with Crippen LogP contribution in [-0.4, -0.2) is 12.9 Å². The topological polar surface area (TPSA) is 38.3 Å². The molecule has 2 rings (SSSR count). The molecule has 0 amide bonds. The van der Waals surface area contributed by atoms with Gasteiger partial charge in [-0.2, -0.15) is 0 Å². The first kappa shape index (κ1) is 17.1. The molecule has 0 unspecified atom stereocenters. The lowest BCUT2D eigenvalue weighted by atomic mass is 10.0. The maximum atomic E-state index is 12.2. The molecule has 23 heavy (non-hydrogen) atoms. The molecule has 0 spiro atoms. The summed E-state index contributed by atoms with van der Waals surface area (Å²) in [5.41, 5.74) is 4.64. The number of hydrogen-bond donors (Lipinski definition) is 1. The van der Waals surface area contributed by atoms with Crippen molar-refractivity contribution in [1.29, 1.82) is 0 Å². The normalized spacial score (nSPS) is 10.8. The highest BCUT2D eigenvalue weighted by atomic mass is 35.5. The molecule has 0 radical (unpaired) electrons. The van der Waals surface area contributed by atoms with E-state index in [4.69, 9.17) is 16.3 Å². The van der Waals surface area contributed by atoms with Crippen LogP contribution in [0.3, 0.4) is 0 Å². The zero-order valence-electron chi connectivity index (χ0n) is 13.7. The number of carbonyl (C=O) groups is 1. The summed E-state index contributed by atoms with van der Waals surface area (Å²) in [5, 5.41) is 3.72. The lowest BCUT2D eigenvalue weighted by Crippen LogP contribution is -1.99. The highest BCUT2D eigenvalue weighted by Gasteiger charge is 2.06. The molecule has 2 aromatic carbocycles. The average molecular weight is 330 g/mol. The van der Waals surface area contributed by atoms with Crippen molar-refractivity contribution in [3.05, 3.63) is 69.9 Å². The molecule has 3 nitrogen and oxygen atoms in total. The molecule has 0 aliphatic carbocycles. The standard InChI is InChI=1S/C19H20ClNO2/c1-12-5-6-15(9-13(12)2)18(22)7-8-21-17-10-14(3)16(20)11-19(17)23-4/h5-11,21H,1-4H3. The quantitative estimate of drug-likeness (QED) is 0.614. The largest absolute Gasteiger partial charge is 0.495 e. The number of methoxy groups -OCH3 is 1. The molecule has 0 aliphatic heterocycles. The number of ether oxygens (including phenoxy) is 1. The van der Waals surface area contributed by atoms with E-state index in [1.807, 2.05) is 45.0 Å². The first-order valence-electron chi connectivity index (χ1n) is 7.31. The minimum Gasteiger partial charge on any atom is -0.495 e. The Kier molecular flexibility index (Phi) is 5.45. The van der Waals surface area contributed by atoms with E-state index in [2.05, 4.69) is 5.32 Å². The molecule has 0 fully saturated rings. The van der Waals surface area contributed by atoms with E-state index in [-0.39, 0.29) is 5.78 Å². The number of allylic oxidation sites excluding steroid dienone is 1. The zero-order valence-corrected chi connectivity index (χ0v) is 14.5. The highest BCUT2D eigenvalue weighted by Crippen LogP contribution is 2.30. The molecular weight excluding hydrogens is 310 g/mol. The smallest absolute Gasteiger partial charge is 0.187 e. The van der Waals surface area contributed by atoms with Crippen molar-refractivity contribution in [3.8, 4) is 5.75 Å². The maximum Gasteiger partial charge on any atom is 0.187 e. The molecule has 0 saturated heterocycles. The third kappa shape index (κ3) is 4.14. The van der Waals surface area contributed by atoms with E-state index in [1.54, 1.807) is 19.4 Å². The summed E-state index contributed by atoms with van der Waals surface area (Å²) in [6, 6.07) is 9.32. The van der Waals surface area contributed by atoms with Gasteiger partial charge in [0, 0.05) is 28.9 Å². The summed E-state index contributed by atoms with van der Waals surface area (Å²) in [5.74, 6) is 0.578. The van der Waals surface area contributed by atoms with Gasteiger partial charge in [-0.05, 0) is 49.6 Å². The second-order valence-corrected chi connectivity index (χ2v) is 5.85. The van der Waals surface area contributed by atoms with Gasteiger partial charge in [-0.25, -0.2) is 0 Å². The summed E-state index contributed by atoms with van der Waals surface area (Å²) in [6.45, 7) is 5.93. The van der Waals surface area contributed by atoms with Gasteiger partial charge >= 0.3 is 0 Å². The number of hydrogen-bond acceptors (Lipinski definition) is 3. The third-order valence-corrected chi connectivity index (χ3v) is 4.15. The van der Waals surface area contributed by atoms with Crippen molar-refractivity contribution in [3.63, 3.8) is 0 Å². The fourth-order valence-corrected chi connectivity index (χ4v) is 2.30. The molecule has 0 atom stereocenters. The van der Waals surface area contributed by atoms with Crippen molar-refractivity contribution in [2.45, 2.75) is 20.8 Å². The van der Waals surface area contributed by atoms with Gasteiger partial charge in [0.25, 0.3) is 0 Å². The molecule has 120 valence electrons. The van der Waals surface area contributed by atoms with Crippen molar-refractivity contribution >= 4 is 23.1 Å². The van der Waals surface area contributed by atoms with Gasteiger partial charge in [-0.3, -0.25) is 4.79 Å². The number of benzene rings is 2. The van der Waals surface area contributed by atoms with Crippen LogP contribution in [0, 0.1) is 20.8 Å². The number of ketones is 1. The van der Waals surface area contributed by atoms with Crippen LogP contribution in [0.5, 0.6) is 5.75 Å². The van der Waals surface area contributed by atoms with Gasteiger partial charge in [-0.1, -0.05) is 23.7 Å². The van der Waals surface area contributed by atoms with Crippen molar-refractivity contribution in [2.24, 2.45) is 0 Å². The minimum atomic E-state index is -0.0507. The zero-order chi connectivity index (χ0) is 17.0. The fourth-order valence-electron chi connectivity index (χ4n) is 2.14. The van der Waals surface area contributed by atoms with Crippen molar-refractivity contribution in [1.82, 2.24) is 0 Å². The Bertz CT molecular complexity index is 766. The monoisotopic (exact) mass is 329 g/mol. The van der Waals surface area contributed by atoms with Gasteiger partial charge in [0.1, 0.15) is 5.75 Å². The predicted molar refractivity (Wildman–Crippen MR) is 95.8 cm³/mol. The number of rotatable bonds is 5. The Morgan fingerprint density at radius 1 is 1.09 bits per heavy atom. The van der Waals surface area contributed by atoms with Crippen molar-refractivity contribution in [2.75, 3.05) is 12.4 Å². The van der Waals surface area contributed by atoms with Crippen LogP contribution in [0.1, 0.15) is 27.0 Å². The van der Waals surface area contributed by atoms with Crippen LogP contribution in [0.15, 0.2) is 42.6 Å². The Morgan fingerprint density at radius 2 is 1.83 bits per heavy atom. The molecule has 1 N–H and O–H groups in total. The second-order valence-electron chi connectivity index (χ2n) is 5.44. The van der Waals surface area contributed by atoms with Crippen LogP contribution >= 0.6 is 11.6 Å². The Labute approximate surface area is 141 Å². The molecule has 0 heterocycles. The maximum absolute atomic E-state index is 12.2. The summed E-state index contributed by atoms with van der Waals surface area (Å²) < 4.78 is 5.29. The van der Waals surface area contributed by atoms with Gasteiger partial charge in [0.15, 0.2) is 5.78 Å². The third-order valence-electron chi connectivity index (χ3n) is 3.75. The number of anilines is 1. The van der Waals surface area contributed by atoms with E-state index in [1.165, 1.54) is 11.6 Å². The van der Waals surface area contributed by atoms with Crippen LogP contribution in [-0.2, 0) is 0 Å². The van der Waals surface area contributed by atoms with Crippen LogP contribution in [0.4, 0.5) is 5.69 Å². The highest BCUT2D eigenvalue weighted by molar-refractivity contribution is 6.31. The first-order valence-corrected chi connectivity index (χ1v) is 7.69. The Morgan fingerprint density at radius 3 is 2.48 bits per heavy atom. The molecule has 0 saturated carbocycles. The van der Waals surface area contributed by atoms with Crippen LogP contribution < -0.4 is 10.1 Å². The van der Waals surface area contributed by atoms with Gasteiger partial charge in [0.05, 0.1) is 12.8 Å². The second kappa shape index (κ2) is 7.34. The van der Waals surface area contributed by atoms with E-state index in [0.717, 1.165) is 16.8 Å². The molecule has 0 aliphatic rings. The first-order chi connectivity index (χ1) is 10.9. The minimum absolute atomic E-state index is 0.0507. The molecule has 2 aromatic rings. The molecular formula is C19H20ClNO2. The Balaban J connectivity index is 2.13. The van der Waals surface area contributed by atoms with Gasteiger partial charge in [-0.15, -0.1) is 0 Å². The summed E-state index contributed by atoms with van der Waals surface area (Å²) in [7, 11) is 1.58. The fraction of sp³-hybridized carbons (Fsp3) is 0.211. The number of halogens is 1. The Hall–Kier alpha value is -2.26. The number of carbonyl (C=O) groups excluding carboxylic acids is 1. The summed E-state index contributed by atoms with van der Waals surface area (Å²) in [4.78, 5) is 12.2. The lowest BCUT2D eigenvalue weighted by molar-refractivity contribution is 0.104. The van der Waals surface area contributed by atoms with Gasteiger partial charge < -0.3 is 10.1 Å². The van der Waals surface area contributed by atoms with E-state index in [9.17, 15) is 4.79 Å². The molecule has 4 heteroatoms. The average Bonchev–Trinajstić information content (AvgIpc) is 2.53. The molecule has 0 bridgehead atoms.